The van der Waals surface area contributed by atoms with Crippen molar-refractivity contribution in [2.75, 3.05) is 0 Å². The summed E-state index contributed by atoms with van der Waals surface area (Å²) in [6.45, 7) is 5.28. The average Bonchev–Trinajstić information content (AvgIpc) is 2.85. The summed E-state index contributed by atoms with van der Waals surface area (Å²) < 4.78 is 13.1. The molecular weight excluding hydrogens is 299 g/mol. The topological polar surface area (TPSA) is 36.1 Å². The maximum Gasteiger partial charge on any atom is 0.305 e. The van der Waals surface area contributed by atoms with Crippen LogP contribution in [0.1, 0.15) is 38.0 Å². The van der Waals surface area contributed by atoms with Crippen LogP contribution in [0.15, 0.2) is 29.1 Å². The number of H-pyrrole nitrogens is 1. The van der Waals surface area contributed by atoms with Crippen LogP contribution in [0.2, 0.25) is 0 Å². The molecular formula is C17H21FN2OS. The Hall–Kier alpha value is -1.46. The van der Waals surface area contributed by atoms with Gasteiger partial charge in [0.2, 0.25) is 0 Å². The van der Waals surface area contributed by atoms with Crippen molar-refractivity contribution >= 4 is 11.3 Å². The lowest BCUT2D eigenvalue weighted by molar-refractivity contribution is 0.0965. The Morgan fingerprint density at radius 2 is 1.86 bits per heavy atom. The van der Waals surface area contributed by atoms with Crippen LogP contribution in [0.3, 0.4) is 0 Å². The maximum atomic E-state index is 13.1. The second-order valence-corrected chi connectivity index (χ2v) is 7.19. The Morgan fingerprint density at radius 1 is 1.23 bits per heavy atom. The maximum absolute atomic E-state index is 13.1. The van der Waals surface area contributed by atoms with Gasteiger partial charge in [-0.1, -0.05) is 17.8 Å². The average molecular weight is 320 g/mol. The molecule has 0 saturated carbocycles. The zero-order valence-electron chi connectivity index (χ0n) is 12.9. The molecule has 2 unspecified atom stereocenters. The molecule has 1 aromatic heterocycles. The molecule has 1 aliphatic rings. The third-order valence-corrected chi connectivity index (χ3v) is 5.42. The molecule has 0 aliphatic carbocycles. The molecule has 2 atom stereocenters. The standard InChI is InChI=1S/C17H21FN2OS/c1-11-4-3-5-12(2)20(11)10-15-16(19-17(21)22-15)13-6-8-14(18)9-7-13/h6-9,11-12H,3-5,10H2,1-2H3,(H,19,21). The van der Waals surface area contributed by atoms with E-state index >= 15 is 0 Å². The summed E-state index contributed by atoms with van der Waals surface area (Å²) in [5.41, 5.74) is 1.70. The summed E-state index contributed by atoms with van der Waals surface area (Å²) in [6.07, 6.45) is 3.68. The first-order valence-corrected chi connectivity index (χ1v) is 8.60. The third kappa shape index (κ3) is 3.15. The van der Waals surface area contributed by atoms with Gasteiger partial charge in [-0.05, 0) is 56.5 Å². The molecule has 3 rings (SSSR count). The van der Waals surface area contributed by atoms with Gasteiger partial charge in [-0.3, -0.25) is 9.69 Å². The summed E-state index contributed by atoms with van der Waals surface area (Å²) in [7, 11) is 0. The molecule has 3 nitrogen and oxygen atoms in total. The van der Waals surface area contributed by atoms with E-state index in [9.17, 15) is 9.18 Å². The van der Waals surface area contributed by atoms with E-state index in [1.165, 1.54) is 42.7 Å². The van der Waals surface area contributed by atoms with Gasteiger partial charge in [0.15, 0.2) is 0 Å². The Kier molecular flexibility index (Phi) is 4.45. The first kappa shape index (κ1) is 15.4. The monoisotopic (exact) mass is 320 g/mol. The minimum Gasteiger partial charge on any atom is -0.312 e. The third-order valence-electron chi connectivity index (χ3n) is 4.56. The van der Waals surface area contributed by atoms with Gasteiger partial charge in [0.05, 0.1) is 5.69 Å². The van der Waals surface area contributed by atoms with E-state index in [2.05, 4.69) is 23.7 Å². The van der Waals surface area contributed by atoms with E-state index in [1.54, 1.807) is 12.1 Å². The number of thiazole rings is 1. The van der Waals surface area contributed by atoms with Crippen molar-refractivity contribution in [3.63, 3.8) is 0 Å². The highest BCUT2D eigenvalue weighted by Crippen LogP contribution is 2.29. The zero-order valence-corrected chi connectivity index (χ0v) is 13.8. The number of piperidine rings is 1. The van der Waals surface area contributed by atoms with Crippen LogP contribution in [0.4, 0.5) is 4.39 Å². The van der Waals surface area contributed by atoms with Gasteiger partial charge in [0.1, 0.15) is 5.82 Å². The Morgan fingerprint density at radius 3 is 2.50 bits per heavy atom. The Balaban J connectivity index is 1.91. The molecule has 0 radical (unpaired) electrons. The van der Waals surface area contributed by atoms with Gasteiger partial charge in [-0.2, -0.15) is 0 Å². The zero-order chi connectivity index (χ0) is 15.7. The SMILES string of the molecule is CC1CCCC(C)N1Cc1sc(=O)[nH]c1-c1ccc(F)cc1. The summed E-state index contributed by atoms with van der Waals surface area (Å²) in [5.74, 6) is -0.263. The predicted molar refractivity (Wildman–Crippen MR) is 88.7 cm³/mol. The van der Waals surface area contributed by atoms with Crippen LogP contribution in [0, 0.1) is 5.82 Å². The van der Waals surface area contributed by atoms with E-state index in [-0.39, 0.29) is 10.7 Å². The molecule has 2 aromatic rings. The fourth-order valence-electron chi connectivity index (χ4n) is 3.27. The first-order valence-electron chi connectivity index (χ1n) is 7.78. The minimum absolute atomic E-state index is 0.0494. The van der Waals surface area contributed by atoms with Gasteiger partial charge in [0.25, 0.3) is 0 Å². The lowest BCUT2D eigenvalue weighted by atomic mass is 9.97. The van der Waals surface area contributed by atoms with Crippen molar-refractivity contribution < 1.29 is 4.39 Å². The van der Waals surface area contributed by atoms with E-state index in [0.717, 1.165) is 22.7 Å². The second-order valence-electron chi connectivity index (χ2n) is 6.12. The lowest BCUT2D eigenvalue weighted by Crippen LogP contribution is -2.42. The van der Waals surface area contributed by atoms with Gasteiger partial charge in [-0.15, -0.1) is 0 Å². The number of halogens is 1. The number of hydrogen-bond donors (Lipinski definition) is 1. The summed E-state index contributed by atoms with van der Waals surface area (Å²) in [5, 5.41) is 0. The van der Waals surface area contributed by atoms with Gasteiger partial charge in [0, 0.05) is 23.5 Å². The molecule has 2 heterocycles. The van der Waals surface area contributed by atoms with Crippen molar-refractivity contribution in [2.45, 2.75) is 51.7 Å². The molecule has 1 saturated heterocycles. The van der Waals surface area contributed by atoms with Gasteiger partial charge >= 0.3 is 4.87 Å². The number of hydrogen-bond acceptors (Lipinski definition) is 3. The largest absolute Gasteiger partial charge is 0.312 e. The molecule has 1 N–H and O–H groups in total. The molecule has 1 fully saturated rings. The van der Waals surface area contributed by atoms with Crippen LogP contribution in [-0.2, 0) is 6.54 Å². The van der Waals surface area contributed by atoms with E-state index in [0.29, 0.717) is 12.1 Å². The smallest absolute Gasteiger partial charge is 0.305 e. The normalized spacial score (nSPS) is 22.9. The number of nitrogens with zero attached hydrogens (tertiary/aromatic N) is 1. The van der Waals surface area contributed by atoms with Crippen molar-refractivity contribution in [1.29, 1.82) is 0 Å². The summed E-state index contributed by atoms with van der Waals surface area (Å²) >= 11 is 1.26. The number of aromatic nitrogens is 1. The van der Waals surface area contributed by atoms with Crippen molar-refractivity contribution in [2.24, 2.45) is 0 Å². The number of benzene rings is 1. The number of rotatable bonds is 3. The molecule has 0 amide bonds. The molecule has 0 spiro atoms. The van der Waals surface area contributed by atoms with Crippen LogP contribution < -0.4 is 4.87 Å². The predicted octanol–water partition coefficient (Wildman–Crippen LogP) is 4.01. The highest BCUT2D eigenvalue weighted by atomic mass is 32.1. The minimum atomic E-state index is -0.263. The van der Waals surface area contributed by atoms with E-state index in [4.69, 9.17) is 0 Å². The lowest BCUT2D eigenvalue weighted by Gasteiger charge is -2.38. The van der Waals surface area contributed by atoms with E-state index < -0.39 is 0 Å². The number of nitrogens with one attached hydrogen (secondary N) is 1. The first-order chi connectivity index (χ1) is 10.5. The van der Waals surface area contributed by atoms with Gasteiger partial charge in [-0.25, -0.2) is 4.39 Å². The molecule has 118 valence electrons. The highest BCUT2D eigenvalue weighted by molar-refractivity contribution is 7.09. The fraction of sp³-hybridized carbons (Fsp3) is 0.471. The van der Waals surface area contributed by atoms with Crippen LogP contribution in [-0.4, -0.2) is 22.0 Å². The quantitative estimate of drug-likeness (QED) is 0.928. The molecule has 5 heteroatoms. The van der Waals surface area contributed by atoms with Crippen LogP contribution in [0.5, 0.6) is 0 Å². The van der Waals surface area contributed by atoms with Crippen LogP contribution >= 0.6 is 11.3 Å². The Bertz CT molecular complexity index is 681. The molecule has 22 heavy (non-hydrogen) atoms. The second kappa shape index (κ2) is 6.34. The molecule has 1 aliphatic heterocycles. The molecule has 1 aromatic carbocycles. The highest BCUT2D eigenvalue weighted by Gasteiger charge is 2.26. The van der Waals surface area contributed by atoms with E-state index in [1.807, 2.05) is 0 Å². The number of likely N-dealkylation sites (tertiary alicyclic amines) is 1. The Labute approximate surface area is 133 Å². The van der Waals surface area contributed by atoms with Crippen molar-refractivity contribution in [1.82, 2.24) is 9.88 Å². The van der Waals surface area contributed by atoms with Crippen molar-refractivity contribution in [3.8, 4) is 11.3 Å². The van der Waals surface area contributed by atoms with Crippen molar-refractivity contribution in [3.05, 3.63) is 44.6 Å². The van der Waals surface area contributed by atoms with Gasteiger partial charge < -0.3 is 4.98 Å². The number of aromatic amines is 1. The van der Waals surface area contributed by atoms with Crippen LogP contribution in [0.25, 0.3) is 11.3 Å². The fourth-order valence-corrected chi connectivity index (χ4v) is 4.13. The molecule has 0 bridgehead atoms. The summed E-state index contributed by atoms with van der Waals surface area (Å²) in [4.78, 5) is 18.2. The summed E-state index contributed by atoms with van der Waals surface area (Å²) in [6, 6.07) is 7.37.